The van der Waals surface area contributed by atoms with Crippen LogP contribution in [0.3, 0.4) is 0 Å². The van der Waals surface area contributed by atoms with E-state index in [1.54, 1.807) is 0 Å². The molecule has 1 N–H and O–H groups in total. The number of nitriles is 1. The van der Waals surface area contributed by atoms with Gasteiger partial charge in [0.25, 0.3) is 0 Å². The average Bonchev–Trinajstić information content (AvgIpc) is 2.56. The Labute approximate surface area is 132 Å². The Hall–Kier alpha value is -2.31. The van der Waals surface area contributed by atoms with Crippen molar-refractivity contribution in [2.45, 2.75) is 32.9 Å². The molecule has 0 aliphatic rings. The van der Waals surface area contributed by atoms with Gasteiger partial charge < -0.3 is 10.1 Å². The summed E-state index contributed by atoms with van der Waals surface area (Å²) in [5, 5.41) is 12.2. The molecule has 0 unspecified atom stereocenters. The van der Waals surface area contributed by atoms with Crippen molar-refractivity contribution in [3.63, 3.8) is 0 Å². The molecule has 0 radical (unpaired) electrons. The Kier molecular flexibility index (Phi) is 6.47. The summed E-state index contributed by atoms with van der Waals surface area (Å²) in [5.41, 5.74) is 3.08. The molecule has 2 aromatic carbocycles. The lowest BCUT2D eigenvalue weighted by atomic mass is 10.1. The zero-order chi connectivity index (χ0) is 15.6. The van der Waals surface area contributed by atoms with Gasteiger partial charge in [-0.25, -0.2) is 0 Å². The summed E-state index contributed by atoms with van der Waals surface area (Å²) in [6.07, 6.45) is 2.23. The number of benzene rings is 2. The molecule has 2 rings (SSSR count). The third-order valence-electron chi connectivity index (χ3n) is 3.41. The van der Waals surface area contributed by atoms with Gasteiger partial charge in [-0.3, -0.25) is 0 Å². The number of unbranched alkanes of at least 4 members (excludes halogenated alkanes) is 1. The van der Waals surface area contributed by atoms with Gasteiger partial charge in [0.05, 0.1) is 18.2 Å². The molecule has 114 valence electrons. The lowest BCUT2D eigenvalue weighted by molar-refractivity contribution is 0.309. The summed E-state index contributed by atoms with van der Waals surface area (Å²) in [6.45, 7) is 4.52. The van der Waals surface area contributed by atoms with E-state index >= 15 is 0 Å². The van der Waals surface area contributed by atoms with Crippen LogP contribution in [-0.2, 0) is 13.1 Å². The second kappa shape index (κ2) is 8.86. The predicted octanol–water partition coefficient (Wildman–Crippen LogP) is 4.03. The summed E-state index contributed by atoms with van der Waals surface area (Å²) in [6, 6.07) is 18.0. The fourth-order valence-electron chi connectivity index (χ4n) is 2.13. The van der Waals surface area contributed by atoms with Crippen molar-refractivity contribution in [2.75, 3.05) is 6.61 Å². The number of nitrogens with one attached hydrogen (secondary N) is 1. The first-order chi connectivity index (χ1) is 10.8. The SMILES string of the molecule is CCCCOc1cccc(CNCc2ccc(C#N)cc2)c1. The van der Waals surface area contributed by atoms with Gasteiger partial charge >= 0.3 is 0 Å². The molecule has 0 bridgehead atoms. The van der Waals surface area contributed by atoms with Gasteiger partial charge in [0, 0.05) is 13.1 Å². The molecule has 0 spiro atoms. The van der Waals surface area contributed by atoms with Gasteiger partial charge in [-0.2, -0.15) is 5.26 Å². The summed E-state index contributed by atoms with van der Waals surface area (Å²) >= 11 is 0. The number of nitrogens with zero attached hydrogens (tertiary/aromatic N) is 1. The van der Waals surface area contributed by atoms with E-state index in [0.717, 1.165) is 38.3 Å². The van der Waals surface area contributed by atoms with Crippen LogP contribution >= 0.6 is 0 Å². The van der Waals surface area contributed by atoms with Crippen LogP contribution in [0.4, 0.5) is 0 Å². The topological polar surface area (TPSA) is 45.0 Å². The Balaban J connectivity index is 1.80. The van der Waals surface area contributed by atoms with Crippen LogP contribution in [0.1, 0.15) is 36.5 Å². The first-order valence-corrected chi connectivity index (χ1v) is 7.73. The minimum absolute atomic E-state index is 0.695. The molecule has 2 aromatic rings. The highest BCUT2D eigenvalue weighted by molar-refractivity contribution is 5.32. The Bertz CT molecular complexity index is 614. The number of hydrogen-bond donors (Lipinski definition) is 1. The first kappa shape index (κ1) is 16.1. The average molecular weight is 294 g/mol. The molecule has 0 aliphatic carbocycles. The number of rotatable bonds is 8. The number of hydrogen-bond acceptors (Lipinski definition) is 3. The van der Waals surface area contributed by atoms with Gasteiger partial charge in [-0.05, 0) is 41.8 Å². The van der Waals surface area contributed by atoms with E-state index < -0.39 is 0 Å². The third-order valence-corrected chi connectivity index (χ3v) is 3.41. The molecule has 0 heterocycles. The quantitative estimate of drug-likeness (QED) is 0.748. The monoisotopic (exact) mass is 294 g/mol. The molecule has 0 aliphatic heterocycles. The van der Waals surface area contributed by atoms with Crippen molar-refractivity contribution in [3.05, 3.63) is 65.2 Å². The zero-order valence-electron chi connectivity index (χ0n) is 13.0. The van der Waals surface area contributed by atoms with Crippen molar-refractivity contribution in [1.29, 1.82) is 5.26 Å². The summed E-state index contributed by atoms with van der Waals surface area (Å²) in [7, 11) is 0. The molecule has 0 atom stereocenters. The van der Waals surface area contributed by atoms with Crippen molar-refractivity contribution >= 4 is 0 Å². The van der Waals surface area contributed by atoms with Gasteiger partial charge in [-0.15, -0.1) is 0 Å². The van der Waals surface area contributed by atoms with Crippen LogP contribution in [0.25, 0.3) is 0 Å². The summed E-state index contributed by atoms with van der Waals surface area (Å²) in [4.78, 5) is 0. The van der Waals surface area contributed by atoms with E-state index in [2.05, 4.69) is 30.4 Å². The molecule has 3 heteroatoms. The third kappa shape index (κ3) is 5.23. The normalized spacial score (nSPS) is 10.2. The van der Waals surface area contributed by atoms with E-state index in [0.29, 0.717) is 5.56 Å². The smallest absolute Gasteiger partial charge is 0.119 e. The zero-order valence-corrected chi connectivity index (χ0v) is 13.0. The van der Waals surface area contributed by atoms with Crippen LogP contribution in [0.5, 0.6) is 5.75 Å². The van der Waals surface area contributed by atoms with Crippen LogP contribution < -0.4 is 10.1 Å². The highest BCUT2D eigenvalue weighted by Crippen LogP contribution is 2.14. The van der Waals surface area contributed by atoms with Crippen LogP contribution in [0, 0.1) is 11.3 Å². The Morgan fingerprint density at radius 2 is 1.82 bits per heavy atom. The van der Waals surface area contributed by atoms with Gasteiger partial charge in [0.15, 0.2) is 0 Å². The van der Waals surface area contributed by atoms with Crippen LogP contribution in [0.2, 0.25) is 0 Å². The van der Waals surface area contributed by atoms with Crippen molar-refractivity contribution in [1.82, 2.24) is 5.32 Å². The van der Waals surface area contributed by atoms with E-state index in [-0.39, 0.29) is 0 Å². The first-order valence-electron chi connectivity index (χ1n) is 7.73. The highest BCUT2D eigenvalue weighted by atomic mass is 16.5. The number of ether oxygens (including phenoxy) is 1. The lowest BCUT2D eigenvalue weighted by Crippen LogP contribution is -2.12. The molecule has 0 fully saturated rings. The molecular formula is C19H22N2O. The highest BCUT2D eigenvalue weighted by Gasteiger charge is 1.98. The van der Waals surface area contributed by atoms with E-state index in [1.165, 1.54) is 11.1 Å². The molecule has 0 saturated carbocycles. The van der Waals surface area contributed by atoms with Crippen LogP contribution in [0.15, 0.2) is 48.5 Å². The maximum absolute atomic E-state index is 8.78. The van der Waals surface area contributed by atoms with E-state index in [4.69, 9.17) is 10.00 Å². The molecule has 22 heavy (non-hydrogen) atoms. The molecular weight excluding hydrogens is 272 g/mol. The Morgan fingerprint density at radius 3 is 2.55 bits per heavy atom. The predicted molar refractivity (Wildman–Crippen MR) is 88.5 cm³/mol. The van der Waals surface area contributed by atoms with Crippen molar-refractivity contribution in [3.8, 4) is 11.8 Å². The molecule has 0 saturated heterocycles. The van der Waals surface area contributed by atoms with Gasteiger partial charge in [0.1, 0.15) is 5.75 Å². The van der Waals surface area contributed by atoms with Crippen LogP contribution in [-0.4, -0.2) is 6.61 Å². The molecule has 3 nitrogen and oxygen atoms in total. The van der Waals surface area contributed by atoms with E-state index in [1.807, 2.05) is 36.4 Å². The van der Waals surface area contributed by atoms with Crippen molar-refractivity contribution < 1.29 is 4.74 Å². The lowest BCUT2D eigenvalue weighted by Gasteiger charge is -2.09. The van der Waals surface area contributed by atoms with Gasteiger partial charge in [0.2, 0.25) is 0 Å². The second-order valence-electron chi connectivity index (χ2n) is 5.26. The fraction of sp³-hybridized carbons (Fsp3) is 0.316. The second-order valence-corrected chi connectivity index (χ2v) is 5.26. The fourth-order valence-corrected chi connectivity index (χ4v) is 2.13. The standard InChI is InChI=1S/C19H22N2O/c1-2-3-11-22-19-6-4-5-18(12-19)15-21-14-17-9-7-16(13-20)8-10-17/h4-10,12,21H,2-3,11,14-15H2,1H3. The summed E-state index contributed by atoms with van der Waals surface area (Å²) in [5.74, 6) is 0.936. The van der Waals surface area contributed by atoms with E-state index in [9.17, 15) is 0 Å². The minimum Gasteiger partial charge on any atom is -0.494 e. The maximum atomic E-state index is 8.78. The van der Waals surface area contributed by atoms with Gasteiger partial charge in [-0.1, -0.05) is 37.6 Å². The molecule has 0 amide bonds. The maximum Gasteiger partial charge on any atom is 0.119 e. The minimum atomic E-state index is 0.695. The Morgan fingerprint density at radius 1 is 1.05 bits per heavy atom. The molecule has 0 aromatic heterocycles. The largest absolute Gasteiger partial charge is 0.494 e. The van der Waals surface area contributed by atoms with Crippen molar-refractivity contribution in [2.24, 2.45) is 0 Å². The summed E-state index contributed by atoms with van der Waals surface area (Å²) < 4.78 is 5.72.